The van der Waals surface area contributed by atoms with E-state index in [-0.39, 0.29) is 6.61 Å². The molecule has 1 fully saturated rings. The molecule has 1 aliphatic rings. The van der Waals surface area contributed by atoms with Crippen LogP contribution >= 0.6 is 23.8 Å². The SMILES string of the molecule is NC(=S)c1ccc(N(CCO)C2CCCCC2)c(Cl)c1. The first-order chi connectivity index (χ1) is 9.63. The zero-order valence-corrected chi connectivity index (χ0v) is 13.1. The summed E-state index contributed by atoms with van der Waals surface area (Å²) in [5.74, 6) is 0. The number of aliphatic hydroxyl groups is 1. The Balaban J connectivity index is 2.26. The van der Waals surface area contributed by atoms with E-state index in [4.69, 9.17) is 29.6 Å². The summed E-state index contributed by atoms with van der Waals surface area (Å²) >= 11 is 11.4. The van der Waals surface area contributed by atoms with Crippen LogP contribution in [0.3, 0.4) is 0 Å². The first-order valence-electron chi connectivity index (χ1n) is 7.10. The molecule has 0 amide bonds. The summed E-state index contributed by atoms with van der Waals surface area (Å²) in [4.78, 5) is 2.58. The molecule has 5 heteroatoms. The summed E-state index contributed by atoms with van der Waals surface area (Å²) in [6, 6.07) is 6.13. The lowest BCUT2D eigenvalue weighted by Gasteiger charge is -2.36. The van der Waals surface area contributed by atoms with Gasteiger partial charge in [-0.05, 0) is 31.0 Å². The highest BCUT2D eigenvalue weighted by atomic mass is 35.5. The summed E-state index contributed by atoms with van der Waals surface area (Å²) in [5, 5.41) is 9.98. The molecular formula is C15H21ClN2OS. The Labute approximate surface area is 130 Å². The molecule has 1 aromatic rings. The Hall–Kier alpha value is -0.840. The molecule has 0 heterocycles. The Kier molecular flexibility index (Phi) is 5.64. The molecule has 3 N–H and O–H groups in total. The van der Waals surface area contributed by atoms with Crippen molar-refractivity contribution in [3.8, 4) is 0 Å². The van der Waals surface area contributed by atoms with Crippen molar-refractivity contribution in [2.75, 3.05) is 18.1 Å². The lowest BCUT2D eigenvalue weighted by atomic mass is 9.93. The van der Waals surface area contributed by atoms with Crippen LogP contribution in [0.2, 0.25) is 5.02 Å². The van der Waals surface area contributed by atoms with Gasteiger partial charge in [-0.15, -0.1) is 0 Å². The maximum absolute atomic E-state index is 9.34. The molecule has 1 aromatic carbocycles. The van der Waals surface area contributed by atoms with E-state index < -0.39 is 0 Å². The van der Waals surface area contributed by atoms with E-state index in [0.717, 1.165) is 24.1 Å². The maximum atomic E-state index is 9.34. The van der Waals surface area contributed by atoms with E-state index in [2.05, 4.69) is 4.90 Å². The van der Waals surface area contributed by atoms with Gasteiger partial charge in [0.2, 0.25) is 0 Å². The van der Waals surface area contributed by atoms with Crippen molar-refractivity contribution in [3.05, 3.63) is 28.8 Å². The third-order valence-corrected chi connectivity index (χ3v) is 4.44. The number of hydrogen-bond acceptors (Lipinski definition) is 3. The number of aliphatic hydroxyl groups excluding tert-OH is 1. The Morgan fingerprint density at radius 3 is 2.60 bits per heavy atom. The van der Waals surface area contributed by atoms with Crippen molar-refractivity contribution >= 4 is 34.5 Å². The number of thiocarbonyl (C=S) groups is 1. The first kappa shape index (κ1) is 15.5. The lowest BCUT2D eigenvalue weighted by Crippen LogP contribution is -2.39. The van der Waals surface area contributed by atoms with Crippen molar-refractivity contribution in [3.63, 3.8) is 0 Å². The van der Waals surface area contributed by atoms with Crippen LogP contribution in [0.4, 0.5) is 5.69 Å². The summed E-state index contributed by atoms with van der Waals surface area (Å²) in [6.07, 6.45) is 6.11. The van der Waals surface area contributed by atoms with E-state index in [0.29, 0.717) is 22.6 Å². The predicted octanol–water partition coefficient (Wildman–Crippen LogP) is 3.11. The minimum absolute atomic E-state index is 0.129. The third-order valence-electron chi connectivity index (χ3n) is 3.90. The van der Waals surface area contributed by atoms with Gasteiger partial charge < -0.3 is 15.7 Å². The van der Waals surface area contributed by atoms with Crippen molar-refractivity contribution in [2.24, 2.45) is 5.73 Å². The summed E-state index contributed by atoms with van der Waals surface area (Å²) < 4.78 is 0. The molecule has 3 nitrogen and oxygen atoms in total. The smallest absolute Gasteiger partial charge is 0.104 e. The molecule has 1 saturated carbocycles. The number of nitrogens with zero attached hydrogens (tertiary/aromatic N) is 1. The van der Waals surface area contributed by atoms with Gasteiger partial charge in [-0.2, -0.15) is 0 Å². The second-order valence-corrected chi connectivity index (χ2v) is 6.09. The average Bonchev–Trinajstić information content (AvgIpc) is 2.46. The minimum atomic E-state index is 0.129. The van der Waals surface area contributed by atoms with Crippen LogP contribution in [0, 0.1) is 0 Å². The standard InChI is InChI=1S/C15H21ClN2OS/c16-13-10-11(15(17)20)6-7-14(13)18(8-9-19)12-4-2-1-3-5-12/h6-7,10,12,19H,1-5,8-9H2,(H2,17,20). The average molecular weight is 313 g/mol. The number of hydrogen-bond donors (Lipinski definition) is 2. The molecule has 0 aromatic heterocycles. The lowest BCUT2D eigenvalue weighted by molar-refractivity contribution is 0.290. The minimum Gasteiger partial charge on any atom is -0.395 e. The van der Waals surface area contributed by atoms with Gasteiger partial charge in [0, 0.05) is 18.2 Å². The largest absolute Gasteiger partial charge is 0.395 e. The predicted molar refractivity (Wildman–Crippen MR) is 88.6 cm³/mol. The molecule has 0 radical (unpaired) electrons. The van der Waals surface area contributed by atoms with Gasteiger partial charge in [0.05, 0.1) is 17.3 Å². The molecule has 0 saturated heterocycles. The normalized spacial score (nSPS) is 16.1. The summed E-state index contributed by atoms with van der Waals surface area (Å²) in [5.41, 5.74) is 7.37. The molecule has 110 valence electrons. The molecule has 0 bridgehead atoms. The molecule has 2 rings (SSSR count). The van der Waals surface area contributed by atoms with Gasteiger partial charge in [0.15, 0.2) is 0 Å². The topological polar surface area (TPSA) is 49.5 Å². The van der Waals surface area contributed by atoms with Crippen LogP contribution in [0.25, 0.3) is 0 Å². The molecule has 0 aliphatic heterocycles. The quantitative estimate of drug-likeness (QED) is 0.820. The van der Waals surface area contributed by atoms with Crippen LogP contribution in [-0.2, 0) is 0 Å². The van der Waals surface area contributed by atoms with Crippen LogP contribution in [0.15, 0.2) is 18.2 Å². The Bertz CT molecular complexity index is 475. The molecule has 0 atom stereocenters. The number of benzene rings is 1. The maximum Gasteiger partial charge on any atom is 0.104 e. The van der Waals surface area contributed by atoms with E-state index >= 15 is 0 Å². The zero-order valence-electron chi connectivity index (χ0n) is 11.5. The number of rotatable bonds is 5. The van der Waals surface area contributed by atoms with Crippen molar-refractivity contribution in [2.45, 2.75) is 38.1 Å². The van der Waals surface area contributed by atoms with Crippen molar-refractivity contribution < 1.29 is 5.11 Å². The van der Waals surface area contributed by atoms with Gasteiger partial charge >= 0.3 is 0 Å². The van der Waals surface area contributed by atoms with Crippen molar-refractivity contribution in [1.29, 1.82) is 0 Å². The summed E-state index contributed by atoms with van der Waals surface area (Å²) in [7, 11) is 0. The van der Waals surface area contributed by atoms with E-state index in [9.17, 15) is 5.11 Å². The monoisotopic (exact) mass is 312 g/mol. The molecule has 20 heavy (non-hydrogen) atoms. The van der Waals surface area contributed by atoms with Gasteiger partial charge in [-0.3, -0.25) is 0 Å². The van der Waals surface area contributed by atoms with Gasteiger partial charge in [0.1, 0.15) is 4.99 Å². The fourth-order valence-electron chi connectivity index (χ4n) is 2.89. The van der Waals surface area contributed by atoms with E-state index in [1.54, 1.807) is 0 Å². The third kappa shape index (κ3) is 3.62. The van der Waals surface area contributed by atoms with E-state index in [1.165, 1.54) is 19.3 Å². The Morgan fingerprint density at radius 1 is 1.35 bits per heavy atom. The van der Waals surface area contributed by atoms with E-state index in [1.807, 2.05) is 18.2 Å². The number of nitrogens with two attached hydrogens (primary N) is 1. The zero-order chi connectivity index (χ0) is 14.5. The van der Waals surface area contributed by atoms with Crippen LogP contribution in [0.1, 0.15) is 37.7 Å². The van der Waals surface area contributed by atoms with Gasteiger partial charge in [-0.1, -0.05) is 43.1 Å². The number of anilines is 1. The highest BCUT2D eigenvalue weighted by Gasteiger charge is 2.22. The van der Waals surface area contributed by atoms with Gasteiger partial charge in [0.25, 0.3) is 0 Å². The molecule has 0 unspecified atom stereocenters. The second kappa shape index (κ2) is 7.25. The van der Waals surface area contributed by atoms with Crippen molar-refractivity contribution in [1.82, 2.24) is 0 Å². The second-order valence-electron chi connectivity index (χ2n) is 5.24. The molecule has 0 spiro atoms. The fourth-order valence-corrected chi connectivity index (χ4v) is 3.31. The first-order valence-corrected chi connectivity index (χ1v) is 7.89. The summed E-state index contributed by atoms with van der Waals surface area (Å²) in [6.45, 7) is 0.737. The fraction of sp³-hybridized carbons (Fsp3) is 0.533. The molecular weight excluding hydrogens is 292 g/mol. The number of halogens is 1. The highest BCUT2D eigenvalue weighted by Crippen LogP contribution is 2.32. The van der Waals surface area contributed by atoms with Crippen LogP contribution in [0.5, 0.6) is 0 Å². The van der Waals surface area contributed by atoms with Crippen LogP contribution in [-0.4, -0.2) is 29.3 Å². The molecule has 1 aliphatic carbocycles. The Morgan fingerprint density at radius 2 is 2.05 bits per heavy atom. The highest BCUT2D eigenvalue weighted by molar-refractivity contribution is 7.80. The van der Waals surface area contributed by atoms with Gasteiger partial charge in [-0.25, -0.2) is 0 Å². The van der Waals surface area contributed by atoms with Crippen LogP contribution < -0.4 is 10.6 Å².